The van der Waals surface area contributed by atoms with Crippen LogP contribution in [0.4, 0.5) is 5.82 Å². The van der Waals surface area contributed by atoms with Crippen molar-refractivity contribution in [2.75, 3.05) is 4.90 Å². The molecule has 1 aromatic heterocycles. The van der Waals surface area contributed by atoms with Gasteiger partial charge in [0.15, 0.2) is 0 Å². The molecule has 0 bridgehead atoms. The van der Waals surface area contributed by atoms with Gasteiger partial charge < -0.3 is 0 Å². The summed E-state index contributed by atoms with van der Waals surface area (Å²) in [5.74, 6) is 0.746. The summed E-state index contributed by atoms with van der Waals surface area (Å²) >= 11 is 12.6. The summed E-state index contributed by atoms with van der Waals surface area (Å²) in [5.41, 5.74) is 2.45. The highest BCUT2D eigenvalue weighted by molar-refractivity contribution is 6.30. The van der Waals surface area contributed by atoms with E-state index < -0.39 is 5.41 Å². The molecule has 3 atom stereocenters. The predicted molar refractivity (Wildman–Crippen MR) is 132 cm³/mol. The van der Waals surface area contributed by atoms with E-state index in [0.717, 1.165) is 16.7 Å². The SMILES string of the molecule is C=CC[C@@]1(C)CC(c2cccc(Cl)c2)[C@@H](c2ccc(Cl)cc2)N(c2ncccc2C)C1=O. The molecule has 1 aliphatic rings. The van der Waals surface area contributed by atoms with Gasteiger partial charge in [-0.3, -0.25) is 9.69 Å². The normalized spacial score (nSPS) is 23.2. The van der Waals surface area contributed by atoms with E-state index in [9.17, 15) is 4.79 Å². The Morgan fingerprint density at radius 3 is 2.50 bits per heavy atom. The van der Waals surface area contributed by atoms with Gasteiger partial charge in [-0.05, 0) is 66.8 Å². The number of amides is 1. The smallest absolute Gasteiger partial charge is 0.235 e. The van der Waals surface area contributed by atoms with Crippen molar-refractivity contribution in [1.29, 1.82) is 0 Å². The third-order valence-electron chi connectivity index (χ3n) is 6.36. The second-order valence-electron chi connectivity index (χ2n) is 8.73. The minimum absolute atomic E-state index is 0.0129. The van der Waals surface area contributed by atoms with Crippen molar-refractivity contribution in [1.82, 2.24) is 4.98 Å². The van der Waals surface area contributed by atoms with Crippen molar-refractivity contribution in [3.63, 3.8) is 0 Å². The summed E-state index contributed by atoms with van der Waals surface area (Å²) in [6.07, 6.45) is 4.83. The van der Waals surface area contributed by atoms with Gasteiger partial charge in [-0.2, -0.15) is 0 Å². The van der Waals surface area contributed by atoms with Crippen LogP contribution in [0.2, 0.25) is 10.0 Å². The molecular weight excluding hydrogens is 439 g/mol. The highest BCUT2D eigenvalue weighted by Gasteiger charge is 2.50. The van der Waals surface area contributed by atoms with Crippen molar-refractivity contribution >= 4 is 34.9 Å². The lowest BCUT2D eigenvalue weighted by Crippen LogP contribution is -2.52. The van der Waals surface area contributed by atoms with Crippen LogP contribution in [0.5, 0.6) is 0 Å². The monoisotopic (exact) mass is 464 g/mol. The fourth-order valence-corrected chi connectivity index (χ4v) is 5.13. The van der Waals surface area contributed by atoms with E-state index >= 15 is 0 Å². The van der Waals surface area contributed by atoms with Gasteiger partial charge in [0, 0.05) is 22.2 Å². The maximum atomic E-state index is 14.1. The summed E-state index contributed by atoms with van der Waals surface area (Å²) in [5, 5.41) is 1.34. The van der Waals surface area contributed by atoms with Crippen molar-refractivity contribution in [3.05, 3.63) is 106 Å². The number of halogens is 2. The molecule has 1 unspecified atom stereocenters. The van der Waals surface area contributed by atoms with Crippen LogP contribution in [0, 0.1) is 12.3 Å². The first-order valence-corrected chi connectivity index (χ1v) is 11.5. The second-order valence-corrected chi connectivity index (χ2v) is 9.61. The molecule has 1 amide bonds. The summed E-state index contributed by atoms with van der Waals surface area (Å²) in [7, 11) is 0. The number of piperidine rings is 1. The third-order valence-corrected chi connectivity index (χ3v) is 6.85. The Kier molecular flexibility index (Phi) is 6.41. The molecule has 4 rings (SSSR count). The second kappa shape index (κ2) is 9.09. The largest absolute Gasteiger partial charge is 0.288 e. The third kappa shape index (κ3) is 4.20. The maximum Gasteiger partial charge on any atom is 0.235 e. The Morgan fingerprint density at radius 2 is 1.84 bits per heavy atom. The van der Waals surface area contributed by atoms with Gasteiger partial charge in [-0.1, -0.05) is 66.5 Å². The van der Waals surface area contributed by atoms with E-state index in [2.05, 4.69) is 17.6 Å². The lowest BCUT2D eigenvalue weighted by atomic mass is 9.67. The van der Waals surface area contributed by atoms with E-state index in [1.165, 1.54) is 0 Å². The van der Waals surface area contributed by atoms with Crippen molar-refractivity contribution < 1.29 is 4.79 Å². The first kappa shape index (κ1) is 22.6. The van der Waals surface area contributed by atoms with Gasteiger partial charge in [-0.25, -0.2) is 4.98 Å². The van der Waals surface area contributed by atoms with Gasteiger partial charge in [-0.15, -0.1) is 6.58 Å². The Hall–Kier alpha value is -2.62. The molecule has 0 spiro atoms. The lowest BCUT2D eigenvalue weighted by Gasteiger charge is -2.49. The number of aryl methyl sites for hydroxylation is 1. The number of allylic oxidation sites excluding steroid dienone is 1. The molecule has 3 nitrogen and oxygen atoms in total. The van der Waals surface area contributed by atoms with Crippen molar-refractivity contribution in [2.24, 2.45) is 5.41 Å². The van der Waals surface area contributed by atoms with Crippen LogP contribution in [0.25, 0.3) is 0 Å². The molecule has 3 aromatic rings. The number of benzene rings is 2. The Morgan fingerprint density at radius 1 is 1.09 bits per heavy atom. The van der Waals surface area contributed by atoms with Gasteiger partial charge in [0.2, 0.25) is 5.91 Å². The number of carbonyl (C=O) groups excluding carboxylic acids is 1. The van der Waals surface area contributed by atoms with Crippen molar-refractivity contribution in [3.8, 4) is 0 Å². The maximum absolute atomic E-state index is 14.1. The molecule has 0 radical (unpaired) electrons. The van der Waals surface area contributed by atoms with Crippen LogP contribution in [-0.2, 0) is 4.79 Å². The number of hydrogen-bond acceptors (Lipinski definition) is 2. The van der Waals surface area contributed by atoms with Crippen LogP contribution in [0.1, 0.15) is 48.4 Å². The van der Waals surface area contributed by atoms with Gasteiger partial charge >= 0.3 is 0 Å². The number of pyridine rings is 1. The zero-order valence-corrected chi connectivity index (χ0v) is 19.8. The fourth-order valence-electron chi connectivity index (χ4n) is 4.81. The number of hydrogen-bond donors (Lipinski definition) is 0. The van der Waals surface area contributed by atoms with E-state index in [-0.39, 0.29) is 17.9 Å². The van der Waals surface area contributed by atoms with Crippen LogP contribution >= 0.6 is 23.2 Å². The average Bonchev–Trinajstić information content (AvgIpc) is 2.77. The number of aromatic nitrogens is 1. The zero-order valence-electron chi connectivity index (χ0n) is 18.3. The average molecular weight is 465 g/mol. The zero-order chi connectivity index (χ0) is 22.9. The molecule has 2 heterocycles. The van der Waals surface area contributed by atoms with Crippen LogP contribution in [0.15, 0.2) is 79.5 Å². The number of carbonyl (C=O) groups is 1. The van der Waals surface area contributed by atoms with Gasteiger partial charge in [0.1, 0.15) is 5.82 Å². The standard InChI is InChI=1S/C27H26Cl2N2O/c1-4-14-27(3)17-23(20-8-5-9-22(29)16-20)24(19-10-12-21(28)13-11-19)31(26(27)32)25-18(2)7-6-15-30-25/h4-13,15-16,23-24H,1,14,17H2,2-3H3/t23?,24-,27+/m1/s1. The molecule has 164 valence electrons. The molecule has 0 N–H and O–H groups in total. The van der Waals surface area contributed by atoms with Gasteiger partial charge in [0.05, 0.1) is 11.5 Å². The molecule has 5 heteroatoms. The summed E-state index contributed by atoms with van der Waals surface area (Å²) in [6, 6.07) is 19.3. The first-order chi connectivity index (χ1) is 15.3. The quantitative estimate of drug-likeness (QED) is 0.365. The van der Waals surface area contributed by atoms with E-state index in [0.29, 0.717) is 28.7 Å². The molecule has 0 aliphatic carbocycles. The molecule has 1 aliphatic heterocycles. The van der Waals surface area contributed by atoms with Crippen molar-refractivity contribution in [2.45, 2.75) is 38.6 Å². The predicted octanol–water partition coefficient (Wildman–Crippen LogP) is 7.54. The molecule has 1 fully saturated rings. The highest BCUT2D eigenvalue weighted by atomic mass is 35.5. The van der Waals surface area contributed by atoms with Crippen LogP contribution in [0.3, 0.4) is 0 Å². The van der Waals surface area contributed by atoms with Crippen LogP contribution in [-0.4, -0.2) is 10.9 Å². The summed E-state index contributed by atoms with van der Waals surface area (Å²) < 4.78 is 0. The molecule has 1 saturated heterocycles. The topological polar surface area (TPSA) is 33.2 Å². The van der Waals surface area contributed by atoms with Gasteiger partial charge in [0.25, 0.3) is 0 Å². The minimum atomic E-state index is -0.610. The number of rotatable bonds is 5. The Balaban J connectivity index is 1.97. The minimum Gasteiger partial charge on any atom is -0.288 e. The Labute approximate surface area is 199 Å². The van der Waals surface area contributed by atoms with E-state index in [1.54, 1.807) is 6.20 Å². The van der Waals surface area contributed by atoms with Crippen LogP contribution < -0.4 is 4.90 Å². The lowest BCUT2D eigenvalue weighted by molar-refractivity contribution is -0.131. The molecule has 32 heavy (non-hydrogen) atoms. The highest BCUT2D eigenvalue weighted by Crippen LogP contribution is 2.52. The molecular formula is C27H26Cl2N2O. The number of anilines is 1. The summed E-state index contributed by atoms with van der Waals surface area (Å²) in [4.78, 5) is 20.6. The first-order valence-electron chi connectivity index (χ1n) is 10.7. The molecule has 2 aromatic carbocycles. The fraction of sp³-hybridized carbons (Fsp3) is 0.259. The number of nitrogens with zero attached hydrogens (tertiary/aromatic N) is 2. The van der Waals surface area contributed by atoms with E-state index in [1.807, 2.05) is 79.4 Å². The molecule has 0 saturated carbocycles. The summed E-state index contributed by atoms with van der Waals surface area (Å²) in [6.45, 7) is 7.94. The van der Waals surface area contributed by atoms with E-state index in [4.69, 9.17) is 23.2 Å². The Bertz CT molecular complexity index is 1140.